The van der Waals surface area contributed by atoms with Crippen LogP contribution < -0.4 is 5.32 Å². The van der Waals surface area contributed by atoms with E-state index in [0.717, 1.165) is 29.4 Å². The number of aryl methyl sites for hydroxylation is 1. The lowest BCUT2D eigenvalue weighted by atomic mass is 10.1. The van der Waals surface area contributed by atoms with Crippen LogP contribution >= 0.6 is 11.8 Å². The Hall–Kier alpha value is -2.59. The number of nitrogens with zero attached hydrogens (tertiary/aromatic N) is 4. The summed E-state index contributed by atoms with van der Waals surface area (Å²) >= 11 is 1.64. The van der Waals surface area contributed by atoms with Crippen LogP contribution in [0.3, 0.4) is 0 Å². The number of benzene rings is 1. The molecule has 28 heavy (non-hydrogen) atoms. The zero-order chi connectivity index (χ0) is 19.8. The highest BCUT2D eigenvalue weighted by Crippen LogP contribution is 2.33. The molecule has 0 spiro atoms. The van der Waals surface area contributed by atoms with Gasteiger partial charge in [0.05, 0.1) is 11.6 Å². The van der Waals surface area contributed by atoms with Crippen LogP contribution in [0.25, 0.3) is 6.08 Å². The summed E-state index contributed by atoms with van der Waals surface area (Å²) in [6.45, 7) is 0.579. The molecule has 1 amide bonds. The highest BCUT2D eigenvalue weighted by Gasteiger charge is 2.23. The second-order valence-electron chi connectivity index (χ2n) is 6.84. The average Bonchev–Trinajstić information content (AvgIpc) is 3.39. The van der Waals surface area contributed by atoms with Crippen LogP contribution in [0.4, 0.5) is 0 Å². The van der Waals surface area contributed by atoms with Crippen LogP contribution in [0.1, 0.15) is 55.1 Å². The standard InChI is InChI=1S/C21H25N5OS/c1-28-21-25-24-19(26(21)18-9-4-5-10-18)11-6-14-23-20(27)13-12-16-7-2-3-8-17(16)15-22/h2-3,7-8,12-13,18H,4-6,9-11,14H2,1H3,(H,23,27)/b13-12+. The second kappa shape index (κ2) is 10.1. The predicted octanol–water partition coefficient (Wildman–Crippen LogP) is 3.75. The van der Waals surface area contributed by atoms with Gasteiger partial charge in [0.15, 0.2) is 5.16 Å². The molecule has 1 aliphatic rings. The summed E-state index contributed by atoms with van der Waals surface area (Å²) in [7, 11) is 0. The molecule has 1 N–H and O–H groups in total. The molecule has 2 aromatic rings. The highest BCUT2D eigenvalue weighted by molar-refractivity contribution is 7.98. The van der Waals surface area contributed by atoms with Gasteiger partial charge in [0.2, 0.25) is 5.91 Å². The van der Waals surface area contributed by atoms with Gasteiger partial charge in [-0.1, -0.05) is 42.8 Å². The topological polar surface area (TPSA) is 83.6 Å². The fourth-order valence-electron chi connectivity index (χ4n) is 3.57. The summed E-state index contributed by atoms with van der Waals surface area (Å²) in [5, 5.41) is 21.7. The first-order valence-electron chi connectivity index (χ1n) is 9.65. The molecular weight excluding hydrogens is 370 g/mol. The lowest BCUT2D eigenvalue weighted by molar-refractivity contribution is -0.116. The minimum absolute atomic E-state index is 0.158. The van der Waals surface area contributed by atoms with E-state index in [0.29, 0.717) is 18.2 Å². The van der Waals surface area contributed by atoms with E-state index in [9.17, 15) is 4.79 Å². The van der Waals surface area contributed by atoms with E-state index in [2.05, 4.69) is 26.2 Å². The van der Waals surface area contributed by atoms with Crippen molar-refractivity contribution in [3.05, 3.63) is 47.3 Å². The van der Waals surface area contributed by atoms with Crippen LogP contribution in [-0.2, 0) is 11.2 Å². The maximum Gasteiger partial charge on any atom is 0.243 e. The van der Waals surface area contributed by atoms with E-state index in [1.165, 1.54) is 31.8 Å². The number of nitriles is 1. The molecule has 0 atom stereocenters. The summed E-state index contributed by atoms with van der Waals surface area (Å²) in [4.78, 5) is 12.0. The van der Waals surface area contributed by atoms with Gasteiger partial charge in [0.1, 0.15) is 5.82 Å². The van der Waals surface area contributed by atoms with E-state index in [1.807, 2.05) is 24.5 Å². The molecule has 3 rings (SSSR count). The summed E-state index contributed by atoms with van der Waals surface area (Å²) in [6.07, 6.45) is 11.7. The summed E-state index contributed by atoms with van der Waals surface area (Å²) in [5.74, 6) is 0.860. The van der Waals surface area contributed by atoms with Gasteiger partial charge >= 0.3 is 0 Å². The molecule has 1 saturated carbocycles. The molecule has 6 nitrogen and oxygen atoms in total. The van der Waals surface area contributed by atoms with Crippen molar-refractivity contribution in [3.8, 4) is 6.07 Å². The van der Waals surface area contributed by atoms with Crippen LogP contribution in [0.15, 0.2) is 35.5 Å². The van der Waals surface area contributed by atoms with Crippen molar-refractivity contribution in [3.63, 3.8) is 0 Å². The maximum absolute atomic E-state index is 12.0. The number of rotatable bonds is 8. The number of nitrogens with one attached hydrogen (secondary N) is 1. The third-order valence-corrected chi connectivity index (χ3v) is 5.62. The van der Waals surface area contributed by atoms with Crippen LogP contribution in [0.5, 0.6) is 0 Å². The van der Waals surface area contributed by atoms with Crippen molar-refractivity contribution in [1.82, 2.24) is 20.1 Å². The molecule has 0 saturated heterocycles. The molecule has 0 radical (unpaired) electrons. The third kappa shape index (κ3) is 5.02. The molecule has 1 heterocycles. The molecule has 1 fully saturated rings. The Morgan fingerprint density at radius 3 is 2.89 bits per heavy atom. The fourth-order valence-corrected chi connectivity index (χ4v) is 4.15. The van der Waals surface area contributed by atoms with Gasteiger partial charge < -0.3 is 9.88 Å². The molecule has 1 aliphatic carbocycles. The van der Waals surface area contributed by atoms with Gasteiger partial charge in [-0.05, 0) is 43.2 Å². The normalized spacial score (nSPS) is 14.4. The van der Waals surface area contributed by atoms with Crippen molar-refractivity contribution in [2.75, 3.05) is 12.8 Å². The molecule has 0 bridgehead atoms. The van der Waals surface area contributed by atoms with Gasteiger partial charge in [-0.15, -0.1) is 10.2 Å². The molecule has 146 valence electrons. The van der Waals surface area contributed by atoms with E-state index < -0.39 is 0 Å². The van der Waals surface area contributed by atoms with Crippen LogP contribution in [0, 0.1) is 11.3 Å². The lowest BCUT2D eigenvalue weighted by Crippen LogP contribution is -2.23. The summed E-state index contributed by atoms with van der Waals surface area (Å²) in [5.41, 5.74) is 1.30. The van der Waals surface area contributed by atoms with Gasteiger partial charge in [0.25, 0.3) is 0 Å². The number of hydrogen-bond donors (Lipinski definition) is 1. The molecule has 1 aromatic carbocycles. The number of carbonyl (C=O) groups is 1. The van der Waals surface area contributed by atoms with Crippen LogP contribution in [0.2, 0.25) is 0 Å². The zero-order valence-corrected chi connectivity index (χ0v) is 16.9. The van der Waals surface area contributed by atoms with E-state index >= 15 is 0 Å². The molecule has 7 heteroatoms. The third-order valence-electron chi connectivity index (χ3n) is 4.98. The number of thioether (sulfide) groups is 1. The maximum atomic E-state index is 12.0. The van der Waals surface area contributed by atoms with Gasteiger partial charge in [-0.25, -0.2) is 0 Å². The Bertz CT molecular complexity index is 877. The number of hydrogen-bond acceptors (Lipinski definition) is 5. The van der Waals surface area contributed by atoms with Gasteiger partial charge in [-0.3, -0.25) is 4.79 Å². The smallest absolute Gasteiger partial charge is 0.243 e. The number of amides is 1. The number of aromatic nitrogens is 3. The monoisotopic (exact) mass is 395 g/mol. The highest BCUT2D eigenvalue weighted by atomic mass is 32.2. The Morgan fingerprint density at radius 1 is 1.36 bits per heavy atom. The Labute approximate surface area is 170 Å². The van der Waals surface area contributed by atoms with Crippen molar-refractivity contribution in [2.45, 2.75) is 49.7 Å². The predicted molar refractivity (Wildman–Crippen MR) is 111 cm³/mol. The average molecular weight is 396 g/mol. The van der Waals surface area contributed by atoms with Gasteiger partial charge in [-0.2, -0.15) is 5.26 Å². The molecule has 0 unspecified atom stereocenters. The first kappa shape index (κ1) is 20.2. The zero-order valence-electron chi connectivity index (χ0n) is 16.1. The van der Waals surface area contributed by atoms with Crippen LogP contribution in [-0.4, -0.2) is 33.5 Å². The summed E-state index contributed by atoms with van der Waals surface area (Å²) in [6, 6.07) is 9.86. The quantitative estimate of drug-likeness (QED) is 0.418. The molecule has 0 aliphatic heterocycles. The Kier molecular flexibility index (Phi) is 7.26. The Balaban J connectivity index is 1.49. The van der Waals surface area contributed by atoms with Crippen molar-refractivity contribution in [1.29, 1.82) is 5.26 Å². The lowest BCUT2D eigenvalue weighted by Gasteiger charge is -2.16. The second-order valence-corrected chi connectivity index (χ2v) is 7.61. The van der Waals surface area contributed by atoms with E-state index in [1.54, 1.807) is 23.9 Å². The molecular formula is C21H25N5OS. The van der Waals surface area contributed by atoms with E-state index in [4.69, 9.17) is 5.26 Å². The number of carbonyl (C=O) groups excluding carboxylic acids is 1. The minimum Gasteiger partial charge on any atom is -0.353 e. The van der Waals surface area contributed by atoms with Crippen molar-refractivity contribution >= 4 is 23.7 Å². The minimum atomic E-state index is -0.158. The van der Waals surface area contributed by atoms with Crippen molar-refractivity contribution < 1.29 is 4.79 Å². The largest absolute Gasteiger partial charge is 0.353 e. The SMILES string of the molecule is CSc1nnc(CCCNC(=O)/C=C/c2ccccc2C#N)n1C1CCCC1. The van der Waals surface area contributed by atoms with E-state index in [-0.39, 0.29) is 5.91 Å². The first-order valence-corrected chi connectivity index (χ1v) is 10.9. The first-order chi connectivity index (χ1) is 13.7. The summed E-state index contributed by atoms with van der Waals surface area (Å²) < 4.78 is 2.30. The van der Waals surface area contributed by atoms with Crippen molar-refractivity contribution in [2.24, 2.45) is 0 Å². The fraction of sp³-hybridized carbons (Fsp3) is 0.429. The molecule has 1 aromatic heterocycles. The van der Waals surface area contributed by atoms with Gasteiger partial charge in [0, 0.05) is 25.1 Å². The Morgan fingerprint density at radius 2 is 2.14 bits per heavy atom.